The van der Waals surface area contributed by atoms with Gasteiger partial charge in [0.2, 0.25) is 5.91 Å². The van der Waals surface area contributed by atoms with Crippen molar-refractivity contribution < 1.29 is 9.53 Å². The number of nitrogens with zero attached hydrogens (tertiary/aromatic N) is 2. The van der Waals surface area contributed by atoms with Gasteiger partial charge in [-0.15, -0.1) is 0 Å². The molecule has 1 aliphatic heterocycles. The van der Waals surface area contributed by atoms with Gasteiger partial charge in [0.1, 0.15) is 0 Å². The van der Waals surface area contributed by atoms with Gasteiger partial charge in [0.25, 0.3) is 0 Å². The topological polar surface area (TPSA) is 32.8 Å². The zero-order valence-corrected chi connectivity index (χ0v) is 19.7. The fourth-order valence-corrected chi connectivity index (χ4v) is 3.87. The number of amides is 1. The number of hydrogen-bond donors (Lipinski definition) is 0. The fraction of sp³-hybridized carbons (Fsp3) is 0.654. The van der Waals surface area contributed by atoms with Crippen molar-refractivity contribution >= 4 is 12.0 Å². The lowest BCUT2D eigenvalue weighted by Crippen LogP contribution is -2.43. The molecule has 30 heavy (non-hydrogen) atoms. The highest BCUT2D eigenvalue weighted by atomic mass is 16.5. The third kappa shape index (κ3) is 9.01. The average molecular weight is 415 g/mol. The normalized spacial score (nSPS) is 15.9. The summed E-state index contributed by atoms with van der Waals surface area (Å²) in [6.07, 6.45) is 7.98. The van der Waals surface area contributed by atoms with E-state index in [1.807, 2.05) is 20.8 Å². The van der Waals surface area contributed by atoms with Crippen LogP contribution in [-0.4, -0.2) is 61.6 Å². The van der Waals surface area contributed by atoms with E-state index in [0.717, 1.165) is 58.8 Å². The first-order valence-electron chi connectivity index (χ1n) is 11.7. The Bertz CT molecular complexity index is 643. The maximum Gasteiger partial charge on any atom is 0.228 e. The molecule has 1 saturated heterocycles. The predicted molar refractivity (Wildman–Crippen MR) is 126 cm³/mol. The maximum atomic E-state index is 13.2. The lowest BCUT2D eigenvalue weighted by atomic mass is 9.93. The molecule has 2 rings (SSSR count). The first-order valence-corrected chi connectivity index (χ1v) is 11.7. The van der Waals surface area contributed by atoms with Crippen LogP contribution >= 0.6 is 0 Å². The van der Waals surface area contributed by atoms with Crippen LogP contribution in [0.15, 0.2) is 35.9 Å². The molecule has 0 bridgehead atoms. The van der Waals surface area contributed by atoms with Gasteiger partial charge in [0, 0.05) is 38.1 Å². The van der Waals surface area contributed by atoms with Crippen LogP contribution in [0, 0.1) is 5.41 Å². The van der Waals surface area contributed by atoms with Gasteiger partial charge in [-0.2, -0.15) is 0 Å². The second-order valence-electron chi connectivity index (χ2n) is 9.45. The van der Waals surface area contributed by atoms with Gasteiger partial charge in [-0.25, -0.2) is 0 Å². The SMILES string of the molecule is CCCCC/C(=C\c1ccccc1)CN(CCCN1CCOCC1)C(=O)C(C)(C)C. The molecular formula is C26H42N2O2. The molecular weight excluding hydrogens is 372 g/mol. The molecule has 0 spiro atoms. The van der Waals surface area contributed by atoms with Crippen LogP contribution < -0.4 is 0 Å². The second-order valence-corrected chi connectivity index (χ2v) is 9.45. The highest BCUT2D eigenvalue weighted by Crippen LogP contribution is 2.21. The first-order chi connectivity index (χ1) is 14.4. The van der Waals surface area contributed by atoms with Gasteiger partial charge < -0.3 is 9.64 Å². The Morgan fingerprint density at radius 1 is 1.10 bits per heavy atom. The van der Waals surface area contributed by atoms with E-state index in [1.165, 1.54) is 30.4 Å². The summed E-state index contributed by atoms with van der Waals surface area (Å²) in [6, 6.07) is 10.5. The third-order valence-corrected chi connectivity index (χ3v) is 5.60. The van der Waals surface area contributed by atoms with Crippen LogP contribution in [-0.2, 0) is 9.53 Å². The van der Waals surface area contributed by atoms with Gasteiger partial charge in [0.15, 0.2) is 0 Å². The molecule has 1 fully saturated rings. The Morgan fingerprint density at radius 3 is 2.43 bits per heavy atom. The van der Waals surface area contributed by atoms with Crippen molar-refractivity contribution in [2.75, 3.05) is 45.9 Å². The van der Waals surface area contributed by atoms with Gasteiger partial charge in [0.05, 0.1) is 13.2 Å². The Morgan fingerprint density at radius 2 is 1.80 bits per heavy atom. The van der Waals surface area contributed by atoms with Crippen molar-refractivity contribution in [3.05, 3.63) is 41.5 Å². The predicted octanol–water partition coefficient (Wildman–Crippen LogP) is 5.25. The van der Waals surface area contributed by atoms with Crippen molar-refractivity contribution in [1.82, 2.24) is 9.80 Å². The number of morpholine rings is 1. The Labute approximate surface area is 184 Å². The molecule has 4 nitrogen and oxygen atoms in total. The van der Waals surface area contributed by atoms with E-state index in [9.17, 15) is 4.79 Å². The standard InChI is InChI=1S/C26H42N2O2/c1-5-6-8-14-24(21-23-12-9-7-10-13-23)22-28(25(29)26(2,3)4)16-11-15-27-17-19-30-20-18-27/h7,9-10,12-13,21H,5-6,8,11,14-20,22H2,1-4H3/b24-21+. The third-order valence-electron chi connectivity index (χ3n) is 5.60. The van der Waals surface area contributed by atoms with Gasteiger partial charge >= 0.3 is 0 Å². The number of carbonyl (C=O) groups excluding carboxylic acids is 1. The smallest absolute Gasteiger partial charge is 0.228 e. The summed E-state index contributed by atoms with van der Waals surface area (Å²) in [7, 11) is 0. The van der Waals surface area contributed by atoms with E-state index >= 15 is 0 Å². The molecule has 1 aromatic rings. The summed E-state index contributed by atoms with van der Waals surface area (Å²) in [5.74, 6) is 0.249. The average Bonchev–Trinajstić information content (AvgIpc) is 2.73. The number of carbonyl (C=O) groups is 1. The minimum absolute atomic E-state index is 0.249. The number of rotatable bonds is 11. The quantitative estimate of drug-likeness (QED) is 0.464. The summed E-state index contributed by atoms with van der Waals surface area (Å²) < 4.78 is 5.45. The van der Waals surface area contributed by atoms with Crippen molar-refractivity contribution in [2.45, 2.75) is 59.8 Å². The zero-order chi connectivity index (χ0) is 21.8. The van der Waals surface area contributed by atoms with Crippen molar-refractivity contribution in [2.24, 2.45) is 5.41 Å². The second kappa shape index (κ2) is 12.9. The first kappa shape index (κ1) is 24.6. The van der Waals surface area contributed by atoms with Crippen LogP contribution in [0.4, 0.5) is 0 Å². The summed E-state index contributed by atoms with van der Waals surface area (Å²) >= 11 is 0. The number of hydrogen-bond acceptors (Lipinski definition) is 3. The molecule has 4 heteroatoms. The molecule has 1 amide bonds. The highest BCUT2D eigenvalue weighted by molar-refractivity contribution is 5.82. The Hall–Kier alpha value is -1.65. The summed E-state index contributed by atoms with van der Waals surface area (Å²) in [4.78, 5) is 17.8. The molecule has 0 atom stereocenters. The summed E-state index contributed by atoms with van der Waals surface area (Å²) in [5.41, 5.74) is 2.22. The molecule has 0 aromatic heterocycles. The maximum absolute atomic E-state index is 13.2. The monoisotopic (exact) mass is 414 g/mol. The van der Waals surface area contributed by atoms with E-state index in [0.29, 0.717) is 0 Å². The molecule has 0 N–H and O–H groups in total. The van der Waals surface area contributed by atoms with Gasteiger partial charge in [-0.1, -0.05) is 82.5 Å². The van der Waals surface area contributed by atoms with E-state index < -0.39 is 0 Å². The lowest BCUT2D eigenvalue weighted by molar-refractivity contribution is -0.139. The molecule has 0 aliphatic carbocycles. The highest BCUT2D eigenvalue weighted by Gasteiger charge is 2.27. The van der Waals surface area contributed by atoms with Crippen LogP contribution in [0.3, 0.4) is 0 Å². The molecule has 0 saturated carbocycles. The molecule has 1 aliphatic rings. The number of unbranched alkanes of at least 4 members (excludes halogenated alkanes) is 2. The van der Waals surface area contributed by atoms with E-state index in [2.05, 4.69) is 53.1 Å². The molecule has 168 valence electrons. The van der Waals surface area contributed by atoms with Crippen molar-refractivity contribution in [3.8, 4) is 0 Å². The Kier molecular flexibility index (Phi) is 10.6. The number of ether oxygens (including phenoxy) is 1. The van der Waals surface area contributed by atoms with Crippen LogP contribution in [0.1, 0.15) is 65.4 Å². The lowest BCUT2D eigenvalue weighted by Gasteiger charge is -2.32. The molecule has 0 unspecified atom stereocenters. The number of benzene rings is 1. The van der Waals surface area contributed by atoms with Crippen LogP contribution in [0.2, 0.25) is 0 Å². The van der Waals surface area contributed by atoms with Crippen molar-refractivity contribution in [3.63, 3.8) is 0 Å². The zero-order valence-electron chi connectivity index (χ0n) is 19.7. The van der Waals surface area contributed by atoms with Gasteiger partial charge in [-0.05, 0) is 24.8 Å². The van der Waals surface area contributed by atoms with E-state index in [1.54, 1.807) is 0 Å². The minimum atomic E-state index is -0.361. The van der Waals surface area contributed by atoms with E-state index in [-0.39, 0.29) is 11.3 Å². The Balaban J connectivity index is 2.08. The molecule has 1 heterocycles. The van der Waals surface area contributed by atoms with Gasteiger partial charge in [-0.3, -0.25) is 9.69 Å². The van der Waals surface area contributed by atoms with Crippen LogP contribution in [0.25, 0.3) is 6.08 Å². The van der Waals surface area contributed by atoms with Crippen LogP contribution in [0.5, 0.6) is 0 Å². The van der Waals surface area contributed by atoms with Crippen molar-refractivity contribution in [1.29, 1.82) is 0 Å². The largest absolute Gasteiger partial charge is 0.379 e. The minimum Gasteiger partial charge on any atom is -0.379 e. The summed E-state index contributed by atoms with van der Waals surface area (Å²) in [6.45, 7) is 14.6. The van der Waals surface area contributed by atoms with E-state index in [4.69, 9.17) is 4.74 Å². The molecule has 0 radical (unpaired) electrons. The molecule has 1 aromatic carbocycles. The fourth-order valence-electron chi connectivity index (χ4n) is 3.87. The summed E-state index contributed by atoms with van der Waals surface area (Å²) in [5, 5.41) is 0.